The summed E-state index contributed by atoms with van der Waals surface area (Å²) in [6.45, 7) is 5.95. The summed E-state index contributed by atoms with van der Waals surface area (Å²) in [5.74, 6) is 0.733. The van der Waals surface area contributed by atoms with Gasteiger partial charge in [-0.05, 0) is 50.1 Å². The van der Waals surface area contributed by atoms with Crippen LogP contribution in [0.4, 0.5) is 5.69 Å². The summed E-state index contributed by atoms with van der Waals surface area (Å²) in [5.41, 5.74) is 0.802. The molecule has 0 aromatic heterocycles. The first-order valence-electron chi connectivity index (χ1n) is 12.7. The van der Waals surface area contributed by atoms with Gasteiger partial charge in [-0.3, -0.25) is 9.10 Å². The molecule has 1 aliphatic heterocycles. The fourth-order valence-corrected chi connectivity index (χ4v) is 6.21. The van der Waals surface area contributed by atoms with Crippen LogP contribution in [0.25, 0.3) is 0 Å². The van der Waals surface area contributed by atoms with Crippen LogP contribution in [0.2, 0.25) is 0 Å². The van der Waals surface area contributed by atoms with Gasteiger partial charge in [0.2, 0.25) is 5.91 Å². The van der Waals surface area contributed by atoms with E-state index in [9.17, 15) is 13.2 Å². The maximum absolute atomic E-state index is 13.8. The van der Waals surface area contributed by atoms with Gasteiger partial charge in [-0.15, -0.1) is 0 Å². The number of carbonyl (C=O) groups excluding carboxylic acids is 1. The number of fused-ring (bicyclic) bond motifs is 1. The van der Waals surface area contributed by atoms with Crippen molar-refractivity contribution >= 4 is 21.6 Å². The second-order valence-corrected chi connectivity index (χ2v) is 10.9. The Morgan fingerprint density at radius 2 is 1.62 bits per heavy atom. The third-order valence-electron chi connectivity index (χ3n) is 6.87. The molecule has 0 fully saturated rings. The van der Waals surface area contributed by atoms with Gasteiger partial charge in [-0.25, -0.2) is 8.42 Å². The van der Waals surface area contributed by atoms with E-state index in [1.54, 1.807) is 42.5 Å². The van der Waals surface area contributed by atoms with E-state index in [0.717, 1.165) is 28.5 Å². The van der Waals surface area contributed by atoms with Gasteiger partial charge in [-0.2, -0.15) is 0 Å². The van der Waals surface area contributed by atoms with E-state index in [1.807, 2.05) is 31.2 Å². The lowest BCUT2D eigenvalue weighted by molar-refractivity contribution is -0.121. The monoisotopic (exact) mass is 522 g/mol. The smallest absolute Gasteiger partial charge is 0.264 e. The lowest BCUT2D eigenvalue weighted by Gasteiger charge is -2.41. The van der Waals surface area contributed by atoms with Gasteiger partial charge >= 0.3 is 0 Å². The molecule has 1 heterocycles. The maximum atomic E-state index is 13.8. The zero-order chi connectivity index (χ0) is 26.5. The summed E-state index contributed by atoms with van der Waals surface area (Å²) >= 11 is 0. The van der Waals surface area contributed by atoms with E-state index in [2.05, 4.69) is 19.2 Å². The van der Waals surface area contributed by atoms with E-state index in [-0.39, 0.29) is 10.9 Å². The van der Waals surface area contributed by atoms with Crippen LogP contribution in [0.15, 0.2) is 83.8 Å². The summed E-state index contributed by atoms with van der Waals surface area (Å²) in [4.78, 5) is 13.6. The second kappa shape index (κ2) is 11.3. The van der Waals surface area contributed by atoms with Gasteiger partial charge in [0.25, 0.3) is 10.0 Å². The standard InChI is InChI=1S/C29H34N2O5S/c1-4-29(5-2)20-24(23-16-10-12-18-26(23)36-29)30-28(32)21-31(25-17-11-13-19-27(25)35-6-3)37(33,34)22-14-8-7-9-15-22/h7-19,24H,4-6,20-21H2,1-3H3,(H,30,32)/t24-/m1/s1. The van der Waals surface area contributed by atoms with Gasteiger partial charge in [0.15, 0.2) is 0 Å². The Labute approximate surface area is 219 Å². The minimum Gasteiger partial charge on any atom is -0.492 e. The van der Waals surface area contributed by atoms with Crippen LogP contribution in [-0.2, 0) is 14.8 Å². The predicted molar refractivity (Wildman–Crippen MR) is 144 cm³/mol. The SMILES string of the molecule is CCOc1ccccc1N(CC(=O)N[C@@H]1CC(CC)(CC)Oc2ccccc21)S(=O)(=O)c1ccccc1. The van der Waals surface area contributed by atoms with Crippen LogP contribution in [0.5, 0.6) is 11.5 Å². The van der Waals surface area contributed by atoms with Gasteiger partial charge in [0.1, 0.15) is 23.6 Å². The lowest BCUT2D eigenvalue weighted by Crippen LogP contribution is -2.47. The molecule has 0 spiro atoms. The average molecular weight is 523 g/mol. The Morgan fingerprint density at radius 1 is 0.973 bits per heavy atom. The molecule has 7 nitrogen and oxygen atoms in total. The predicted octanol–water partition coefficient (Wildman–Crippen LogP) is 5.48. The molecule has 0 unspecified atom stereocenters. The summed E-state index contributed by atoms with van der Waals surface area (Å²) < 4.78 is 40.8. The molecular formula is C29H34N2O5S. The number of carbonyl (C=O) groups is 1. The average Bonchev–Trinajstić information content (AvgIpc) is 2.92. The van der Waals surface area contributed by atoms with E-state index < -0.39 is 28.1 Å². The molecule has 3 aromatic rings. The molecule has 196 valence electrons. The molecule has 0 radical (unpaired) electrons. The third-order valence-corrected chi connectivity index (χ3v) is 8.65. The third kappa shape index (κ3) is 5.59. The zero-order valence-corrected chi connectivity index (χ0v) is 22.3. The minimum absolute atomic E-state index is 0.0986. The van der Waals surface area contributed by atoms with Gasteiger partial charge in [0, 0.05) is 12.0 Å². The zero-order valence-electron chi connectivity index (χ0n) is 21.5. The van der Waals surface area contributed by atoms with Crippen molar-refractivity contribution in [2.75, 3.05) is 17.5 Å². The number of hydrogen-bond donors (Lipinski definition) is 1. The minimum atomic E-state index is -4.06. The van der Waals surface area contributed by atoms with Crippen LogP contribution in [0, 0.1) is 0 Å². The summed E-state index contributed by atoms with van der Waals surface area (Å²) in [5, 5.41) is 3.11. The lowest BCUT2D eigenvalue weighted by atomic mass is 9.83. The summed E-state index contributed by atoms with van der Waals surface area (Å²) in [6, 6.07) is 22.4. The van der Waals surface area contributed by atoms with Crippen molar-refractivity contribution in [3.05, 3.63) is 84.4 Å². The Balaban J connectivity index is 1.68. The van der Waals surface area contributed by atoms with Crippen LogP contribution >= 0.6 is 0 Å². The first-order chi connectivity index (χ1) is 17.8. The highest BCUT2D eigenvalue weighted by molar-refractivity contribution is 7.92. The number of benzene rings is 3. The molecule has 1 amide bonds. The highest BCUT2D eigenvalue weighted by atomic mass is 32.2. The first-order valence-corrected chi connectivity index (χ1v) is 14.1. The molecule has 0 bridgehead atoms. The van der Waals surface area contributed by atoms with E-state index in [4.69, 9.17) is 9.47 Å². The van der Waals surface area contributed by atoms with Crippen LogP contribution in [0.3, 0.4) is 0 Å². The fraction of sp³-hybridized carbons (Fsp3) is 0.345. The number of nitrogens with one attached hydrogen (secondary N) is 1. The van der Waals surface area contributed by atoms with Crippen molar-refractivity contribution in [3.63, 3.8) is 0 Å². The Bertz CT molecular complexity index is 1320. The van der Waals surface area contributed by atoms with Crippen molar-refractivity contribution in [3.8, 4) is 11.5 Å². The largest absolute Gasteiger partial charge is 0.492 e. The second-order valence-electron chi connectivity index (χ2n) is 9.08. The van der Waals surface area contributed by atoms with Crippen molar-refractivity contribution < 1.29 is 22.7 Å². The van der Waals surface area contributed by atoms with Crippen LogP contribution < -0.4 is 19.1 Å². The van der Waals surface area contributed by atoms with Crippen LogP contribution in [0.1, 0.15) is 51.6 Å². The molecule has 1 atom stereocenters. The van der Waals surface area contributed by atoms with Gasteiger partial charge in [-0.1, -0.05) is 62.4 Å². The van der Waals surface area contributed by atoms with E-state index in [0.29, 0.717) is 24.5 Å². The first kappa shape index (κ1) is 26.5. The molecular weight excluding hydrogens is 488 g/mol. The molecule has 1 aliphatic rings. The molecule has 4 rings (SSSR count). The van der Waals surface area contributed by atoms with Crippen molar-refractivity contribution in [2.45, 2.75) is 56.6 Å². The van der Waals surface area contributed by atoms with Crippen molar-refractivity contribution in [1.82, 2.24) is 5.32 Å². The number of amides is 1. The Kier molecular flexibility index (Phi) is 8.07. The number of nitrogens with zero attached hydrogens (tertiary/aromatic N) is 1. The Hall–Kier alpha value is -3.52. The highest BCUT2D eigenvalue weighted by Crippen LogP contribution is 2.42. The maximum Gasteiger partial charge on any atom is 0.264 e. The van der Waals surface area contributed by atoms with Crippen LogP contribution in [-0.4, -0.2) is 33.1 Å². The van der Waals surface area contributed by atoms with Gasteiger partial charge < -0.3 is 14.8 Å². The molecule has 3 aromatic carbocycles. The fourth-order valence-electron chi connectivity index (χ4n) is 4.76. The quantitative estimate of drug-likeness (QED) is 0.381. The normalized spacial score (nSPS) is 16.2. The number of ether oxygens (including phenoxy) is 2. The number of para-hydroxylation sites is 3. The van der Waals surface area contributed by atoms with Crippen molar-refractivity contribution in [2.24, 2.45) is 0 Å². The van der Waals surface area contributed by atoms with Gasteiger partial charge in [0.05, 0.1) is 23.2 Å². The molecule has 0 aliphatic carbocycles. The van der Waals surface area contributed by atoms with E-state index >= 15 is 0 Å². The number of anilines is 1. The number of rotatable bonds is 10. The molecule has 37 heavy (non-hydrogen) atoms. The molecule has 8 heteroatoms. The number of hydrogen-bond acceptors (Lipinski definition) is 5. The molecule has 0 saturated heterocycles. The van der Waals surface area contributed by atoms with E-state index in [1.165, 1.54) is 12.1 Å². The summed E-state index contributed by atoms with van der Waals surface area (Å²) in [7, 11) is -4.06. The van der Waals surface area contributed by atoms with Crippen molar-refractivity contribution in [1.29, 1.82) is 0 Å². The number of sulfonamides is 1. The highest BCUT2D eigenvalue weighted by Gasteiger charge is 2.39. The summed E-state index contributed by atoms with van der Waals surface area (Å²) in [6.07, 6.45) is 2.19. The Morgan fingerprint density at radius 3 is 2.32 bits per heavy atom. The molecule has 1 N–H and O–H groups in total. The topological polar surface area (TPSA) is 84.9 Å². The molecule has 0 saturated carbocycles.